The van der Waals surface area contributed by atoms with Gasteiger partial charge < -0.3 is 14.3 Å². The average Bonchev–Trinajstić information content (AvgIpc) is 3.25. The standard InChI is InChI=1S/C26H30F2N4O4/c27-25(28)10-7-20(15-25)26(35,19-5-2-1-3-6-19)23(34)36-21-16-32(13-8-18(21)9-14-32)17-22(33)31-24-29-11-4-12-30-24/h1-6,11-12,18,20-21,35H,7-10,13-17H2/p+1/t18?,20?,21-,26?,32?/m0/s1. The first-order chi connectivity index (χ1) is 17.2. The van der Waals surface area contributed by atoms with Gasteiger partial charge in [0, 0.05) is 49.9 Å². The summed E-state index contributed by atoms with van der Waals surface area (Å²) in [5.41, 5.74) is -1.88. The number of nitrogens with zero attached hydrogens (tertiary/aromatic N) is 3. The Bertz CT molecular complexity index is 1100. The van der Waals surface area contributed by atoms with E-state index in [4.69, 9.17) is 4.74 Å². The minimum absolute atomic E-state index is 0.0311. The maximum atomic E-state index is 14.1. The van der Waals surface area contributed by atoms with E-state index in [9.17, 15) is 23.5 Å². The van der Waals surface area contributed by atoms with Gasteiger partial charge in [0.25, 0.3) is 5.91 Å². The van der Waals surface area contributed by atoms with Gasteiger partial charge in [-0.25, -0.2) is 23.5 Å². The Morgan fingerprint density at radius 1 is 1.11 bits per heavy atom. The van der Waals surface area contributed by atoms with Crippen molar-refractivity contribution >= 4 is 17.8 Å². The van der Waals surface area contributed by atoms with Crippen molar-refractivity contribution in [1.29, 1.82) is 0 Å². The van der Waals surface area contributed by atoms with E-state index in [0.717, 1.165) is 25.9 Å². The number of anilines is 1. The summed E-state index contributed by atoms with van der Waals surface area (Å²) in [6.45, 7) is 2.18. The molecule has 36 heavy (non-hydrogen) atoms. The summed E-state index contributed by atoms with van der Waals surface area (Å²) in [4.78, 5) is 34.4. The molecule has 8 nitrogen and oxygen atoms in total. The molecule has 0 spiro atoms. The molecule has 3 saturated heterocycles. The Morgan fingerprint density at radius 2 is 1.81 bits per heavy atom. The lowest BCUT2D eigenvalue weighted by Crippen LogP contribution is -2.66. The Balaban J connectivity index is 1.31. The second-order valence-corrected chi connectivity index (χ2v) is 10.5. The fourth-order valence-electron chi connectivity index (χ4n) is 6.16. The second kappa shape index (κ2) is 9.48. The van der Waals surface area contributed by atoms with Crippen molar-refractivity contribution < 1.29 is 32.7 Å². The van der Waals surface area contributed by atoms with Crippen LogP contribution < -0.4 is 5.32 Å². The molecule has 2 unspecified atom stereocenters. The molecule has 1 amide bonds. The molecule has 4 fully saturated rings. The van der Waals surface area contributed by atoms with Crippen molar-refractivity contribution in [2.75, 3.05) is 31.5 Å². The largest absolute Gasteiger partial charge is 0.454 e. The smallest absolute Gasteiger partial charge is 0.343 e. The third-order valence-electron chi connectivity index (χ3n) is 8.12. The number of carbonyl (C=O) groups excluding carboxylic acids is 2. The number of alkyl halides is 2. The highest BCUT2D eigenvalue weighted by atomic mass is 19.3. The monoisotopic (exact) mass is 501 g/mol. The number of quaternary nitrogens is 1. The van der Waals surface area contributed by atoms with Gasteiger partial charge in [0.05, 0.1) is 13.1 Å². The molecule has 2 N–H and O–H groups in total. The van der Waals surface area contributed by atoms with Crippen molar-refractivity contribution in [1.82, 2.24) is 9.97 Å². The predicted molar refractivity (Wildman–Crippen MR) is 126 cm³/mol. The maximum absolute atomic E-state index is 14.1. The van der Waals surface area contributed by atoms with Crippen molar-refractivity contribution in [3.63, 3.8) is 0 Å². The Labute approximate surface area is 208 Å². The van der Waals surface area contributed by atoms with Gasteiger partial charge in [0.1, 0.15) is 6.54 Å². The van der Waals surface area contributed by atoms with E-state index >= 15 is 0 Å². The number of aliphatic hydroxyl groups is 1. The number of nitrogens with one attached hydrogen (secondary N) is 1. The summed E-state index contributed by atoms with van der Waals surface area (Å²) in [5.74, 6) is -4.62. The molecule has 4 aliphatic rings. The SMILES string of the molecule is O=C(C[N+]12CCC(CC1)[C@@H](OC(=O)C(O)(c1ccccc1)C1CCC(F)(F)C1)C2)Nc1ncccn1. The zero-order chi connectivity index (χ0) is 25.4. The van der Waals surface area contributed by atoms with Crippen LogP contribution in [0.15, 0.2) is 48.8 Å². The van der Waals surface area contributed by atoms with Crippen molar-refractivity contribution in [2.24, 2.45) is 11.8 Å². The van der Waals surface area contributed by atoms with Crippen LogP contribution >= 0.6 is 0 Å². The number of hydrogen-bond acceptors (Lipinski definition) is 6. The summed E-state index contributed by atoms with van der Waals surface area (Å²) in [6.07, 6.45) is 3.24. The number of hydrogen-bond donors (Lipinski definition) is 2. The summed E-state index contributed by atoms with van der Waals surface area (Å²) in [6, 6.07) is 9.91. The van der Waals surface area contributed by atoms with E-state index in [1.807, 2.05) is 0 Å². The molecule has 1 aliphatic carbocycles. The van der Waals surface area contributed by atoms with Crippen LogP contribution in [0.1, 0.15) is 37.7 Å². The highest BCUT2D eigenvalue weighted by Crippen LogP contribution is 2.48. The molecule has 4 heterocycles. The molecule has 3 atom stereocenters. The number of benzene rings is 1. The van der Waals surface area contributed by atoms with Crippen LogP contribution in [0, 0.1) is 11.8 Å². The molecule has 0 radical (unpaired) electrons. The van der Waals surface area contributed by atoms with Crippen LogP contribution in [0.2, 0.25) is 0 Å². The Morgan fingerprint density at radius 3 is 2.44 bits per heavy atom. The first kappa shape index (κ1) is 24.7. The number of esters is 1. The Kier molecular flexibility index (Phi) is 6.50. The summed E-state index contributed by atoms with van der Waals surface area (Å²) < 4.78 is 34.6. The highest BCUT2D eigenvalue weighted by Gasteiger charge is 2.56. The summed E-state index contributed by atoms with van der Waals surface area (Å²) in [5, 5.41) is 14.4. The quantitative estimate of drug-likeness (QED) is 0.447. The molecular formula is C26H31F2N4O4+. The number of piperidine rings is 3. The lowest BCUT2D eigenvalue weighted by Gasteiger charge is -2.51. The molecule has 3 aliphatic heterocycles. The topological polar surface area (TPSA) is 101 Å². The molecule has 2 bridgehead atoms. The van der Waals surface area contributed by atoms with Gasteiger partial charge in [-0.15, -0.1) is 0 Å². The predicted octanol–water partition coefficient (Wildman–Crippen LogP) is 2.89. The van der Waals surface area contributed by atoms with Crippen LogP contribution in [-0.2, 0) is 19.9 Å². The lowest BCUT2D eigenvalue weighted by atomic mass is 9.79. The third-order valence-corrected chi connectivity index (χ3v) is 8.12. The number of fused-ring (bicyclic) bond motifs is 3. The zero-order valence-electron chi connectivity index (χ0n) is 20.0. The molecule has 10 heteroatoms. The highest BCUT2D eigenvalue weighted by molar-refractivity contribution is 5.89. The van der Waals surface area contributed by atoms with Crippen molar-refractivity contribution in [2.45, 2.75) is 49.7 Å². The van der Waals surface area contributed by atoms with Crippen LogP contribution in [0.4, 0.5) is 14.7 Å². The van der Waals surface area contributed by atoms with Crippen LogP contribution in [0.3, 0.4) is 0 Å². The van der Waals surface area contributed by atoms with Gasteiger partial charge in [-0.05, 0) is 18.1 Å². The van der Waals surface area contributed by atoms with Crippen LogP contribution in [0.5, 0.6) is 0 Å². The number of halogens is 2. The van der Waals surface area contributed by atoms with Crippen LogP contribution in [-0.4, -0.2) is 69.6 Å². The van der Waals surface area contributed by atoms with E-state index < -0.39 is 35.9 Å². The molecule has 192 valence electrons. The van der Waals surface area contributed by atoms with E-state index in [1.54, 1.807) is 48.8 Å². The first-order valence-corrected chi connectivity index (χ1v) is 12.5. The van der Waals surface area contributed by atoms with E-state index in [2.05, 4.69) is 15.3 Å². The number of carbonyl (C=O) groups is 2. The first-order valence-electron chi connectivity index (χ1n) is 12.5. The molecule has 2 aromatic rings. The van der Waals surface area contributed by atoms with E-state index in [1.165, 1.54) is 0 Å². The second-order valence-electron chi connectivity index (χ2n) is 10.5. The van der Waals surface area contributed by atoms with Crippen molar-refractivity contribution in [3.05, 3.63) is 54.4 Å². The van der Waals surface area contributed by atoms with E-state index in [0.29, 0.717) is 11.0 Å². The molecule has 1 aromatic carbocycles. The average molecular weight is 502 g/mol. The van der Waals surface area contributed by atoms with Gasteiger partial charge in [-0.1, -0.05) is 30.3 Å². The minimum atomic E-state index is -2.92. The normalized spacial score (nSPS) is 30.4. The number of ether oxygens (including phenoxy) is 1. The number of amides is 1. The lowest BCUT2D eigenvalue weighted by molar-refractivity contribution is -0.939. The molecule has 1 aromatic heterocycles. The number of rotatable bonds is 7. The van der Waals surface area contributed by atoms with Gasteiger partial charge in [-0.3, -0.25) is 10.1 Å². The fraction of sp³-hybridized carbons (Fsp3) is 0.538. The number of aromatic nitrogens is 2. The summed E-state index contributed by atoms with van der Waals surface area (Å²) in [7, 11) is 0. The van der Waals surface area contributed by atoms with Gasteiger partial charge in [0.2, 0.25) is 11.9 Å². The molecule has 6 rings (SSSR count). The van der Waals surface area contributed by atoms with E-state index in [-0.39, 0.29) is 42.7 Å². The fourth-order valence-corrected chi connectivity index (χ4v) is 6.16. The van der Waals surface area contributed by atoms with Gasteiger partial charge in [-0.2, -0.15) is 0 Å². The summed E-state index contributed by atoms with van der Waals surface area (Å²) >= 11 is 0. The van der Waals surface area contributed by atoms with Crippen LogP contribution in [0.25, 0.3) is 0 Å². The van der Waals surface area contributed by atoms with Gasteiger partial charge >= 0.3 is 5.97 Å². The minimum Gasteiger partial charge on any atom is -0.454 e. The zero-order valence-corrected chi connectivity index (χ0v) is 20.0. The Hall–Kier alpha value is -2.98. The third kappa shape index (κ3) is 4.84. The molecular weight excluding hydrogens is 470 g/mol. The van der Waals surface area contributed by atoms with Crippen molar-refractivity contribution in [3.8, 4) is 0 Å². The van der Waals surface area contributed by atoms with Gasteiger partial charge in [0.15, 0.2) is 18.2 Å². The molecule has 1 saturated carbocycles. The maximum Gasteiger partial charge on any atom is 0.343 e.